The van der Waals surface area contributed by atoms with Gasteiger partial charge >= 0.3 is 5.95 Å². The average Bonchev–Trinajstić information content (AvgIpc) is 2.91. The molecule has 0 radical (unpaired) electrons. The predicted molar refractivity (Wildman–Crippen MR) is 92.6 cm³/mol. The second kappa shape index (κ2) is 6.95. The molecular weight excluding hydrogens is 300 g/mol. The number of imidazole rings is 1. The van der Waals surface area contributed by atoms with Gasteiger partial charge in [-0.15, -0.1) is 5.11 Å². The van der Waals surface area contributed by atoms with Gasteiger partial charge in [0.2, 0.25) is 0 Å². The average molecular weight is 319 g/mol. The van der Waals surface area contributed by atoms with E-state index in [-0.39, 0.29) is 0 Å². The molecule has 24 heavy (non-hydrogen) atoms. The van der Waals surface area contributed by atoms with Crippen molar-refractivity contribution < 1.29 is 4.57 Å². The van der Waals surface area contributed by atoms with Gasteiger partial charge in [-0.1, -0.05) is 34.9 Å². The van der Waals surface area contributed by atoms with Gasteiger partial charge in [-0.05, 0) is 31.2 Å². The molecule has 0 amide bonds. The number of rotatable bonds is 4. The molecule has 1 heterocycles. The first kappa shape index (κ1) is 15.7. The molecule has 6 nitrogen and oxygen atoms in total. The van der Waals surface area contributed by atoms with Crippen LogP contribution in [0, 0.1) is 6.92 Å². The van der Waals surface area contributed by atoms with Gasteiger partial charge < -0.3 is 0 Å². The molecule has 3 rings (SSSR count). The van der Waals surface area contributed by atoms with E-state index in [2.05, 4.69) is 20.5 Å². The summed E-state index contributed by atoms with van der Waals surface area (Å²) in [5.74, 6) is 0.750. The van der Waals surface area contributed by atoms with Gasteiger partial charge in [0, 0.05) is 5.11 Å². The summed E-state index contributed by atoms with van der Waals surface area (Å²) in [4.78, 5) is 0. The Kier molecular flexibility index (Phi) is 4.56. The highest BCUT2D eigenvalue weighted by atomic mass is 15.3. The smallest absolute Gasteiger partial charge is 0.233 e. The topological polar surface area (TPSA) is 58.2 Å². The maximum Gasteiger partial charge on any atom is 0.421 e. The van der Waals surface area contributed by atoms with Crippen LogP contribution >= 0.6 is 0 Å². The van der Waals surface area contributed by atoms with Gasteiger partial charge in [0.05, 0.1) is 32.2 Å². The molecule has 0 fully saturated rings. The van der Waals surface area contributed by atoms with Crippen molar-refractivity contribution in [2.75, 3.05) is 0 Å². The minimum Gasteiger partial charge on any atom is -0.233 e. The van der Waals surface area contributed by atoms with Crippen molar-refractivity contribution in [3.05, 3.63) is 66.5 Å². The molecule has 120 valence electrons. The highest BCUT2D eigenvalue weighted by Gasteiger charge is 2.11. The summed E-state index contributed by atoms with van der Waals surface area (Å²) < 4.78 is 3.81. The minimum absolute atomic E-state index is 0.676. The molecular formula is C18H19N6+. The quantitative estimate of drug-likeness (QED) is 0.480. The molecule has 0 atom stereocenters. The van der Waals surface area contributed by atoms with Crippen LogP contribution in [0.15, 0.2) is 81.4 Å². The van der Waals surface area contributed by atoms with E-state index in [4.69, 9.17) is 0 Å². The second-order valence-corrected chi connectivity index (χ2v) is 5.54. The maximum atomic E-state index is 4.33. The van der Waals surface area contributed by atoms with Crippen LogP contribution in [0.1, 0.15) is 5.56 Å². The number of nitrogens with zero attached hydrogens (tertiary/aromatic N) is 6. The van der Waals surface area contributed by atoms with E-state index in [0.29, 0.717) is 11.4 Å². The molecule has 0 aliphatic carbocycles. The summed E-state index contributed by atoms with van der Waals surface area (Å²) in [5, 5.41) is 17.2. The molecule has 0 N–H and O–H groups in total. The van der Waals surface area contributed by atoms with Crippen LogP contribution in [0.5, 0.6) is 0 Å². The van der Waals surface area contributed by atoms with Crippen LogP contribution < -0.4 is 4.57 Å². The lowest BCUT2D eigenvalue weighted by Crippen LogP contribution is -2.25. The molecule has 3 aromatic rings. The first-order chi connectivity index (χ1) is 11.6. The van der Waals surface area contributed by atoms with Crippen LogP contribution in [0.25, 0.3) is 0 Å². The molecule has 0 saturated carbocycles. The minimum atomic E-state index is 0.676. The third kappa shape index (κ3) is 3.60. The van der Waals surface area contributed by atoms with E-state index < -0.39 is 0 Å². The van der Waals surface area contributed by atoms with Gasteiger partial charge in [0.15, 0.2) is 0 Å². The van der Waals surface area contributed by atoms with Gasteiger partial charge in [-0.25, -0.2) is 9.13 Å². The summed E-state index contributed by atoms with van der Waals surface area (Å²) in [6.45, 7) is 2.04. The predicted octanol–water partition coefficient (Wildman–Crippen LogP) is 4.99. The molecule has 6 heteroatoms. The summed E-state index contributed by atoms with van der Waals surface area (Å²) in [6.07, 6.45) is 3.86. The van der Waals surface area contributed by atoms with Gasteiger partial charge in [0.1, 0.15) is 11.4 Å². The highest BCUT2D eigenvalue weighted by Crippen LogP contribution is 2.30. The first-order valence-electron chi connectivity index (χ1n) is 7.63. The molecule has 0 aliphatic rings. The fourth-order valence-electron chi connectivity index (χ4n) is 2.18. The number of aromatic nitrogens is 2. The first-order valence-corrected chi connectivity index (χ1v) is 7.63. The SMILES string of the molecule is Cc1ccc(N=Nc2ccccc2N=Nc2n(C)cc[n+]2C)cc1. The number of benzene rings is 2. The second-order valence-electron chi connectivity index (χ2n) is 5.54. The third-order valence-corrected chi connectivity index (χ3v) is 3.58. The van der Waals surface area contributed by atoms with Gasteiger partial charge in [-0.3, -0.25) is 0 Å². The molecule has 0 unspecified atom stereocenters. The van der Waals surface area contributed by atoms with Crippen LogP contribution in [-0.2, 0) is 14.1 Å². The number of hydrogen-bond acceptors (Lipinski definition) is 4. The van der Waals surface area contributed by atoms with Crippen molar-refractivity contribution in [3.63, 3.8) is 0 Å². The molecule has 0 saturated heterocycles. The van der Waals surface area contributed by atoms with Gasteiger partial charge in [-0.2, -0.15) is 5.11 Å². The van der Waals surface area contributed by atoms with E-state index >= 15 is 0 Å². The Morgan fingerprint density at radius 1 is 0.833 bits per heavy atom. The maximum absolute atomic E-state index is 4.33. The zero-order valence-electron chi connectivity index (χ0n) is 14.0. The summed E-state index contributed by atoms with van der Waals surface area (Å²) >= 11 is 0. The van der Waals surface area contributed by atoms with Crippen molar-refractivity contribution in [2.24, 2.45) is 34.6 Å². The number of azo groups is 2. The Morgan fingerprint density at radius 3 is 2.04 bits per heavy atom. The highest BCUT2D eigenvalue weighted by molar-refractivity contribution is 5.60. The lowest BCUT2D eigenvalue weighted by atomic mass is 10.2. The third-order valence-electron chi connectivity index (χ3n) is 3.58. The van der Waals surface area contributed by atoms with Crippen LogP contribution in [0.4, 0.5) is 23.0 Å². The molecule has 1 aromatic heterocycles. The van der Waals surface area contributed by atoms with E-state index in [1.807, 2.05) is 91.1 Å². The number of hydrogen-bond donors (Lipinski definition) is 0. The van der Waals surface area contributed by atoms with E-state index in [1.54, 1.807) is 0 Å². The van der Waals surface area contributed by atoms with Crippen LogP contribution in [0.3, 0.4) is 0 Å². The standard InChI is InChI=1S/C18H19N6/c1-14-8-10-15(11-9-14)19-20-16-6-4-5-7-17(16)21-22-18-23(2)12-13-24(18)3/h4-13H,1-3H3/q+1. The van der Waals surface area contributed by atoms with E-state index in [1.165, 1.54) is 5.56 Å². The fraction of sp³-hybridized carbons (Fsp3) is 0.167. The largest absolute Gasteiger partial charge is 0.421 e. The normalized spacial score (nSPS) is 11.6. The van der Waals surface area contributed by atoms with Gasteiger partial charge in [0.25, 0.3) is 0 Å². The molecule has 0 bridgehead atoms. The Balaban J connectivity index is 1.87. The lowest BCUT2D eigenvalue weighted by molar-refractivity contribution is -0.657. The Hall–Kier alpha value is -3.15. The van der Waals surface area contributed by atoms with Crippen molar-refractivity contribution in [2.45, 2.75) is 6.92 Å². The monoisotopic (exact) mass is 319 g/mol. The van der Waals surface area contributed by atoms with E-state index in [0.717, 1.165) is 11.6 Å². The Labute approximate surface area is 140 Å². The van der Waals surface area contributed by atoms with Crippen molar-refractivity contribution >= 4 is 23.0 Å². The summed E-state index contributed by atoms with van der Waals surface area (Å²) in [5.41, 5.74) is 3.35. The van der Waals surface area contributed by atoms with Crippen molar-refractivity contribution in [1.82, 2.24) is 4.57 Å². The number of aryl methyl sites for hydroxylation is 3. The molecule has 2 aromatic carbocycles. The lowest BCUT2D eigenvalue weighted by Gasteiger charge is -1.97. The zero-order chi connectivity index (χ0) is 16.9. The van der Waals surface area contributed by atoms with Crippen LogP contribution in [-0.4, -0.2) is 4.57 Å². The zero-order valence-corrected chi connectivity index (χ0v) is 14.0. The summed E-state index contributed by atoms with van der Waals surface area (Å²) in [6, 6.07) is 15.5. The van der Waals surface area contributed by atoms with Crippen molar-refractivity contribution in [1.29, 1.82) is 0 Å². The van der Waals surface area contributed by atoms with Crippen molar-refractivity contribution in [3.8, 4) is 0 Å². The summed E-state index contributed by atoms with van der Waals surface area (Å²) in [7, 11) is 3.86. The molecule has 0 aliphatic heterocycles. The fourth-order valence-corrected chi connectivity index (χ4v) is 2.18. The Morgan fingerprint density at radius 2 is 1.46 bits per heavy atom. The molecule has 0 spiro atoms. The Bertz CT molecular complexity index is 871. The van der Waals surface area contributed by atoms with Crippen LogP contribution in [0.2, 0.25) is 0 Å². The van der Waals surface area contributed by atoms with E-state index in [9.17, 15) is 0 Å².